The van der Waals surface area contributed by atoms with Gasteiger partial charge in [0.15, 0.2) is 0 Å². The van der Waals surface area contributed by atoms with Crippen LogP contribution in [-0.2, 0) is 0 Å². The summed E-state index contributed by atoms with van der Waals surface area (Å²) >= 11 is 2.17. The van der Waals surface area contributed by atoms with Gasteiger partial charge in [-0.3, -0.25) is 4.79 Å². The number of amides is 1. The van der Waals surface area contributed by atoms with Gasteiger partial charge >= 0.3 is 0 Å². The summed E-state index contributed by atoms with van der Waals surface area (Å²) in [7, 11) is 3.05. The Labute approximate surface area is 131 Å². The molecule has 4 nitrogen and oxygen atoms in total. The van der Waals surface area contributed by atoms with E-state index in [1.165, 1.54) is 14.2 Å². The minimum absolute atomic E-state index is 0.261. The number of carbonyl (C=O) groups is 1. The van der Waals surface area contributed by atoms with Crippen molar-refractivity contribution in [1.29, 1.82) is 0 Å². The van der Waals surface area contributed by atoms with E-state index in [0.717, 1.165) is 9.26 Å². The third-order valence-corrected chi connectivity index (χ3v) is 3.72. The van der Waals surface area contributed by atoms with Crippen molar-refractivity contribution in [3.63, 3.8) is 0 Å². The van der Waals surface area contributed by atoms with E-state index < -0.39 is 0 Å². The molecule has 0 spiro atoms. The van der Waals surface area contributed by atoms with Crippen LogP contribution in [0.5, 0.6) is 11.5 Å². The number of methoxy groups -OCH3 is 2. The first-order valence-electron chi connectivity index (χ1n) is 5.94. The summed E-state index contributed by atoms with van der Waals surface area (Å²) in [6, 6.07) is 12.8. The number of anilines is 1. The zero-order valence-corrected chi connectivity index (χ0v) is 13.3. The number of rotatable bonds is 4. The molecule has 2 aromatic rings. The molecule has 0 aromatic heterocycles. The summed E-state index contributed by atoms with van der Waals surface area (Å²) < 4.78 is 11.4. The molecule has 104 valence electrons. The summed E-state index contributed by atoms with van der Waals surface area (Å²) in [6.45, 7) is 0. The van der Waals surface area contributed by atoms with E-state index in [0.29, 0.717) is 17.1 Å². The molecule has 0 saturated carbocycles. The third-order valence-electron chi connectivity index (χ3n) is 2.78. The predicted octanol–water partition coefficient (Wildman–Crippen LogP) is 3.56. The molecule has 0 aliphatic carbocycles. The van der Waals surface area contributed by atoms with Gasteiger partial charge in [-0.25, -0.2) is 0 Å². The SMILES string of the molecule is COc1cccc(OC)c1C(=O)Nc1ccccc1I. The Morgan fingerprint density at radius 3 is 2.15 bits per heavy atom. The van der Waals surface area contributed by atoms with Crippen LogP contribution in [0, 0.1) is 3.57 Å². The maximum absolute atomic E-state index is 12.5. The fourth-order valence-electron chi connectivity index (χ4n) is 1.82. The number of ether oxygens (including phenoxy) is 2. The molecule has 0 aliphatic heterocycles. The van der Waals surface area contributed by atoms with Crippen LogP contribution in [0.1, 0.15) is 10.4 Å². The van der Waals surface area contributed by atoms with Crippen LogP contribution in [0.3, 0.4) is 0 Å². The Kier molecular flexibility index (Phi) is 4.84. The van der Waals surface area contributed by atoms with E-state index in [2.05, 4.69) is 27.9 Å². The summed E-state index contributed by atoms with van der Waals surface area (Å²) in [5.74, 6) is 0.698. The van der Waals surface area contributed by atoms with E-state index in [4.69, 9.17) is 9.47 Å². The number of benzene rings is 2. The van der Waals surface area contributed by atoms with E-state index in [9.17, 15) is 4.79 Å². The molecular formula is C15H14INO3. The summed E-state index contributed by atoms with van der Waals surface area (Å²) in [6.07, 6.45) is 0. The molecule has 2 aromatic carbocycles. The van der Waals surface area contributed by atoms with E-state index >= 15 is 0 Å². The lowest BCUT2D eigenvalue weighted by molar-refractivity contribution is 0.102. The van der Waals surface area contributed by atoms with Crippen LogP contribution in [0.15, 0.2) is 42.5 Å². The molecule has 0 unspecified atom stereocenters. The predicted molar refractivity (Wildman–Crippen MR) is 86.7 cm³/mol. The van der Waals surface area contributed by atoms with Crippen LogP contribution in [0.4, 0.5) is 5.69 Å². The minimum atomic E-state index is -0.261. The van der Waals surface area contributed by atoms with Crippen molar-refractivity contribution in [2.45, 2.75) is 0 Å². The topological polar surface area (TPSA) is 47.6 Å². The maximum Gasteiger partial charge on any atom is 0.263 e. The monoisotopic (exact) mass is 383 g/mol. The summed E-state index contributed by atoms with van der Waals surface area (Å²) in [5.41, 5.74) is 1.14. The first-order chi connectivity index (χ1) is 9.67. The molecule has 5 heteroatoms. The smallest absolute Gasteiger partial charge is 0.263 e. The van der Waals surface area contributed by atoms with Gasteiger partial charge < -0.3 is 14.8 Å². The maximum atomic E-state index is 12.5. The van der Waals surface area contributed by atoms with Crippen molar-refractivity contribution in [2.75, 3.05) is 19.5 Å². The van der Waals surface area contributed by atoms with Gasteiger partial charge in [0.05, 0.1) is 19.9 Å². The largest absolute Gasteiger partial charge is 0.496 e. The van der Waals surface area contributed by atoms with Gasteiger partial charge in [0.2, 0.25) is 0 Å². The molecule has 1 N–H and O–H groups in total. The quantitative estimate of drug-likeness (QED) is 0.822. The molecule has 20 heavy (non-hydrogen) atoms. The molecule has 2 rings (SSSR count). The minimum Gasteiger partial charge on any atom is -0.496 e. The number of carbonyl (C=O) groups excluding carboxylic acids is 1. The van der Waals surface area contributed by atoms with Crippen LogP contribution in [0.2, 0.25) is 0 Å². The highest BCUT2D eigenvalue weighted by molar-refractivity contribution is 14.1. The second-order valence-corrected chi connectivity index (χ2v) is 5.13. The van der Waals surface area contributed by atoms with Crippen molar-refractivity contribution >= 4 is 34.2 Å². The zero-order chi connectivity index (χ0) is 14.5. The number of nitrogens with one attached hydrogen (secondary N) is 1. The van der Waals surface area contributed by atoms with E-state index in [1.54, 1.807) is 18.2 Å². The van der Waals surface area contributed by atoms with E-state index in [1.807, 2.05) is 24.3 Å². The Balaban J connectivity index is 2.36. The fourth-order valence-corrected chi connectivity index (χ4v) is 2.34. The van der Waals surface area contributed by atoms with Gasteiger partial charge in [0.1, 0.15) is 17.1 Å². The second-order valence-electron chi connectivity index (χ2n) is 3.97. The lowest BCUT2D eigenvalue weighted by atomic mass is 10.1. The Bertz CT molecular complexity index is 606. The van der Waals surface area contributed by atoms with E-state index in [-0.39, 0.29) is 5.91 Å². The van der Waals surface area contributed by atoms with Crippen LogP contribution >= 0.6 is 22.6 Å². The second kappa shape index (κ2) is 6.60. The summed E-state index contributed by atoms with van der Waals surface area (Å²) in [4.78, 5) is 12.5. The first kappa shape index (κ1) is 14.6. The highest BCUT2D eigenvalue weighted by Crippen LogP contribution is 2.29. The molecule has 0 radical (unpaired) electrons. The number of hydrogen-bond donors (Lipinski definition) is 1. The summed E-state index contributed by atoms with van der Waals surface area (Å²) in [5, 5.41) is 2.87. The van der Waals surface area contributed by atoms with Gasteiger partial charge in [0.25, 0.3) is 5.91 Å². The first-order valence-corrected chi connectivity index (χ1v) is 7.02. The number of hydrogen-bond acceptors (Lipinski definition) is 3. The molecule has 0 bridgehead atoms. The normalized spacial score (nSPS) is 9.95. The average Bonchev–Trinajstić information content (AvgIpc) is 2.48. The molecule has 0 heterocycles. The van der Waals surface area contributed by atoms with Gasteiger partial charge in [0, 0.05) is 3.57 Å². The standard InChI is InChI=1S/C15H14INO3/c1-19-12-8-5-9-13(20-2)14(12)15(18)17-11-7-4-3-6-10(11)16/h3-9H,1-2H3,(H,17,18). The van der Waals surface area contributed by atoms with Crippen molar-refractivity contribution < 1.29 is 14.3 Å². The Morgan fingerprint density at radius 2 is 1.60 bits per heavy atom. The van der Waals surface area contributed by atoms with Gasteiger partial charge in [-0.1, -0.05) is 18.2 Å². The van der Waals surface area contributed by atoms with Crippen LogP contribution in [0.25, 0.3) is 0 Å². The molecule has 1 amide bonds. The van der Waals surface area contributed by atoms with Gasteiger partial charge in [-0.15, -0.1) is 0 Å². The van der Waals surface area contributed by atoms with Crippen molar-refractivity contribution in [3.05, 3.63) is 51.6 Å². The van der Waals surface area contributed by atoms with Gasteiger partial charge in [-0.05, 0) is 46.9 Å². The molecule has 0 fully saturated rings. The number of para-hydroxylation sites is 1. The average molecular weight is 383 g/mol. The Morgan fingerprint density at radius 1 is 1.00 bits per heavy atom. The molecule has 0 atom stereocenters. The lowest BCUT2D eigenvalue weighted by Gasteiger charge is -2.13. The van der Waals surface area contributed by atoms with Crippen molar-refractivity contribution in [2.24, 2.45) is 0 Å². The molecular weight excluding hydrogens is 369 g/mol. The van der Waals surface area contributed by atoms with Gasteiger partial charge in [-0.2, -0.15) is 0 Å². The van der Waals surface area contributed by atoms with Crippen molar-refractivity contribution in [3.8, 4) is 11.5 Å². The van der Waals surface area contributed by atoms with Crippen LogP contribution in [-0.4, -0.2) is 20.1 Å². The Hall–Kier alpha value is -1.76. The number of halogens is 1. The van der Waals surface area contributed by atoms with Crippen molar-refractivity contribution in [1.82, 2.24) is 0 Å². The lowest BCUT2D eigenvalue weighted by Crippen LogP contribution is -2.15. The van der Waals surface area contributed by atoms with Crippen LogP contribution < -0.4 is 14.8 Å². The molecule has 0 aliphatic rings. The highest BCUT2D eigenvalue weighted by Gasteiger charge is 2.18. The third kappa shape index (κ3) is 3.04. The fraction of sp³-hybridized carbons (Fsp3) is 0.133. The zero-order valence-electron chi connectivity index (χ0n) is 11.1. The highest BCUT2D eigenvalue weighted by atomic mass is 127. The molecule has 0 saturated heterocycles.